The molecule has 3 aromatic carbocycles. The number of nitrogens with one attached hydrogen (secondary N) is 1. The molecular formula is C27H24N4O4. The van der Waals surface area contributed by atoms with E-state index in [0.29, 0.717) is 23.2 Å². The van der Waals surface area contributed by atoms with Gasteiger partial charge in [0.2, 0.25) is 11.7 Å². The Balaban J connectivity index is 1.62. The molecule has 1 aromatic heterocycles. The summed E-state index contributed by atoms with van der Waals surface area (Å²) in [6.45, 7) is 0. The van der Waals surface area contributed by atoms with Crippen molar-refractivity contribution >= 4 is 11.6 Å². The highest BCUT2D eigenvalue weighted by Gasteiger charge is 2.41. The summed E-state index contributed by atoms with van der Waals surface area (Å²) in [6.07, 6.45) is 1.11. The number of hydrogen-bond donors (Lipinski definition) is 1. The van der Waals surface area contributed by atoms with E-state index in [0.717, 1.165) is 33.7 Å². The van der Waals surface area contributed by atoms with Crippen molar-refractivity contribution in [1.29, 1.82) is 0 Å². The fraction of sp³-hybridized carbons (Fsp3) is 0.185. The lowest BCUT2D eigenvalue weighted by Crippen LogP contribution is -2.32. The lowest BCUT2D eigenvalue weighted by molar-refractivity contribution is 0.221. The average molecular weight is 469 g/mol. The van der Waals surface area contributed by atoms with Crippen LogP contribution in [0.2, 0.25) is 0 Å². The van der Waals surface area contributed by atoms with Gasteiger partial charge in [0.1, 0.15) is 24.2 Å². The van der Waals surface area contributed by atoms with Crippen LogP contribution >= 0.6 is 0 Å². The van der Waals surface area contributed by atoms with Crippen LogP contribution in [0.25, 0.3) is 5.70 Å². The van der Waals surface area contributed by atoms with Gasteiger partial charge in [-0.2, -0.15) is 10.1 Å². The van der Waals surface area contributed by atoms with E-state index in [-0.39, 0.29) is 6.04 Å². The summed E-state index contributed by atoms with van der Waals surface area (Å²) in [5.41, 5.74) is 4.89. The number of para-hydroxylation sites is 1. The molecule has 0 radical (unpaired) electrons. The largest absolute Gasteiger partial charge is 0.493 e. The molecule has 0 fully saturated rings. The van der Waals surface area contributed by atoms with Gasteiger partial charge < -0.3 is 24.3 Å². The maximum atomic E-state index is 6.69. The molecule has 1 N–H and O–H groups in total. The molecule has 8 heteroatoms. The minimum Gasteiger partial charge on any atom is -0.493 e. The van der Waals surface area contributed by atoms with Gasteiger partial charge >= 0.3 is 0 Å². The second kappa shape index (κ2) is 8.39. The number of benzene rings is 3. The topological polar surface area (TPSA) is 79.7 Å². The molecule has 0 amide bonds. The minimum absolute atomic E-state index is 0.234. The van der Waals surface area contributed by atoms with E-state index in [1.807, 2.05) is 53.2 Å². The third-order valence-corrected chi connectivity index (χ3v) is 6.43. The van der Waals surface area contributed by atoms with Crippen molar-refractivity contribution in [3.63, 3.8) is 0 Å². The van der Waals surface area contributed by atoms with E-state index in [1.54, 1.807) is 27.7 Å². The number of fused-ring (bicyclic) bond motifs is 3. The molecule has 0 spiro atoms. The summed E-state index contributed by atoms with van der Waals surface area (Å²) < 4.78 is 25.4. The quantitative estimate of drug-likeness (QED) is 0.448. The van der Waals surface area contributed by atoms with Gasteiger partial charge in [-0.15, -0.1) is 0 Å². The molecule has 0 saturated heterocycles. The molecule has 3 heterocycles. The van der Waals surface area contributed by atoms with Crippen LogP contribution in [0.1, 0.15) is 28.8 Å². The first-order chi connectivity index (χ1) is 17.2. The Labute approximate surface area is 202 Å². The van der Waals surface area contributed by atoms with Crippen LogP contribution < -0.4 is 24.3 Å². The highest BCUT2D eigenvalue weighted by molar-refractivity contribution is 5.85. The fourth-order valence-corrected chi connectivity index (χ4v) is 4.90. The summed E-state index contributed by atoms with van der Waals surface area (Å²) in [5.74, 6) is 3.11. The molecule has 2 aliphatic heterocycles. The highest BCUT2D eigenvalue weighted by Crippen LogP contribution is 2.52. The van der Waals surface area contributed by atoms with Crippen molar-refractivity contribution in [3.8, 4) is 23.0 Å². The zero-order valence-corrected chi connectivity index (χ0v) is 19.6. The Morgan fingerprint density at radius 2 is 1.57 bits per heavy atom. The standard InChI is InChI=1S/C27H24N4O4/c1-32-20-13-17(14-21(33-2)26(20)34-3)25-22-23(18-11-7-8-12-19(18)35-25)30-27-28-15-29-31(27)24(22)16-9-5-4-6-10-16/h4-15,24-25H,1-3H3,(H,28,29,30)/t24-,25+/m1/s1. The summed E-state index contributed by atoms with van der Waals surface area (Å²) >= 11 is 0. The molecule has 0 saturated carbocycles. The van der Waals surface area contributed by atoms with Crippen LogP contribution in [0.3, 0.4) is 0 Å². The molecule has 8 nitrogen and oxygen atoms in total. The normalized spacial score (nSPS) is 17.9. The van der Waals surface area contributed by atoms with E-state index >= 15 is 0 Å². The van der Waals surface area contributed by atoms with Crippen LogP contribution in [0.5, 0.6) is 23.0 Å². The second-order valence-corrected chi connectivity index (χ2v) is 8.25. The highest BCUT2D eigenvalue weighted by atomic mass is 16.5. The van der Waals surface area contributed by atoms with Crippen molar-refractivity contribution in [2.45, 2.75) is 12.1 Å². The number of anilines is 1. The van der Waals surface area contributed by atoms with Crippen molar-refractivity contribution in [3.05, 3.63) is 95.3 Å². The van der Waals surface area contributed by atoms with E-state index in [2.05, 4.69) is 33.6 Å². The summed E-state index contributed by atoms with van der Waals surface area (Å²) in [4.78, 5) is 4.48. The van der Waals surface area contributed by atoms with Gasteiger partial charge in [0.15, 0.2) is 11.5 Å². The molecule has 2 atom stereocenters. The molecule has 0 bridgehead atoms. The Kier molecular flexibility index (Phi) is 5.06. The third-order valence-electron chi connectivity index (χ3n) is 6.43. The van der Waals surface area contributed by atoms with Crippen molar-refractivity contribution in [2.24, 2.45) is 0 Å². The van der Waals surface area contributed by atoms with Gasteiger partial charge in [-0.3, -0.25) is 0 Å². The Bertz CT molecular complexity index is 1410. The predicted molar refractivity (Wildman–Crippen MR) is 131 cm³/mol. The van der Waals surface area contributed by atoms with Crippen LogP contribution in [0.15, 0.2) is 78.6 Å². The van der Waals surface area contributed by atoms with Crippen molar-refractivity contribution in [1.82, 2.24) is 14.8 Å². The van der Waals surface area contributed by atoms with Crippen molar-refractivity contribution < 1.29 is 18.9 Å². The minimum atomic E-state index is -0.455. The van der Waals surface area contributed by atoms with Gasteiger partial charge in [0.25, 0.3) is 0 Å². The number of methoxy groups -OCH3 is 3. The lowest BCUT2D eigenvalue weighted by Gasteiger charge is -2.39. The number of ether oxygens (including phenoxy) is 4. The summed E-state index contributed by atoms with van der Waals surface area (Å²) in [7, 11) is 4.82. The van der Waals surface area contributed by atoms with Gasteiger partial charge in [-0.25, -0.2) is 4.68 Å². The SMILES string of the molecule is COc1cc([C@@H]2Oc3ccccc3C3=C2[C@@H](c2ccccc2)n2ncnc2N3)cc(OC)c1OC. The molecule has 2 aliphatic rings. The number of aromatic nitrogens is 3. The van der Waals surface area contributed by atoms with Gasteiger partial charge in [-0.05, 0) is 29.8 Å². The molecular weight excluding hydrogens is 444 g/mol. The van der Waals surface area contributed by atoms with E-state index in [4.69, 9.17) is 18.9 Å². The zero-order chi connectivity index (χ0) is 23.9. The molecule has 0 aliphatic carbocycles. The number of rotatable bonds is 5. The van der Waals surface area contributed by atoms with Gasteiger partial charge in [0.05, 0.1) is 27.0 Å². The smallest absolute Gasteiger partial charge is 0.226 e. The first-order valence-corrected chi connectivity index (χ1v) is 11.2. The van der Waals surface area contributed by atoms with Gasteiger partial charge in [-0.1, -0.05) is 42.5 Å². The summed E-state index contributed by atoms with van der Waals surface area (Å²) in [5, 5.41) is 8.08. The van der Waals surface area contributed by atoms with E-state index < -0.39 is 6.10 Å². The molecule has 35 heavy (non-hydrogen) atoms. The molecule has 6 rings (SSSR count). The monoisotopic (exact) mass is 468 g/mol. The Morgan fingerprint density at radius 3 is 2.29 bits per heavy atom. The molecule has 4 aromatic rings. The Hall–Kier alpha value is -4.46. The number of hydrogen-bond acceptors (Lipinski definition) is 7. The second-order valence-electron chi connectivity index (χ2n) is 8.25. The average Bonchev–Trinajstić information content (AvgIpc) is 3.39. The lowest BCUT2D eigenvalue weighted by atomic mass is 9.84. The van der Waals surface area contributed by atoms with Crippen LogP contribution in [-0.4, -0.2) is 36.1 Å². The van der Waals surface area contributed by atoms with E-state index in [9.17, 15) is 0 Å². The predicted octanol–water partition coefficient (Wildman–Crippen LogP) is 4.86. The van der Waals surface area contributed by atoms with Crippen LogP contribution in [-0.2, 0) is 0 Å². The fourth-order valence-electron chi connectivity index (χ4n) is 4.90. The zero-order valence-electron chi connectivity index (χ0n) is 19.6. The van der Waals surface area contributed by atoms with Crippen LogP contribution in [0.4, 0.5) is 5.95 Å². The van der Waals surface area contributed by atoms with Crippen molar-refractivity contribution in [2.75, 3.05) is 26.6 Å². The molecule has 176 valence electrons. The first kappa shape index (κ1) is 21.1. The van der Waals surface area contributed by atoms with E-state index in [1.165, 1.54) is 0 Å². The molecule has 0 unspecified atom stereocenters. The first-order valence-electron chi connectivity index (χ1n) is 11.2. The number of nitrogens with zero attached hydrogens (tertiary/aromatic N) is 3. The Morgan fingerprint density at radius 1 is 0.857 bits per heavy atom. The maximum absolute atomic E-state index is 6.69. The third kappa shape index (κ3) is 3.29. The van der Waals surface area contributed by atoms with Crippen LogP contribution in [0, 0.1) is 0 Å². The maximum Gasteiger partial charge on any atom is 0.226 e. The van der Waals surface area contributed by atoms with Gasteiger partial charge in [0, 0.05) is 16.7 Å². The summed E-state index contributed by atoms with van der Waals surface area (Å²) in [6, 6.07) is 21.9.